The number of nitrogens with zero attached hydrogens (tertiary/aromatic N) is 2. The molecule has 0 N–H and O–H groups in total. The molecule has 2 aliphatic rings. The quantitative estimate of drug-likeness (QED) is 0.172. The molecule has 1 spiro atoms. The van der Waals surface area contributed by atoms with E-state index in [0.717, 1.165) is 22.7 Å². The van der Waals surface area contributed by atoms with Crippen LogP contribution in [0.3, 0.4) is 0 Å². The lowest BCUT2D eigenvalue weighted by molar-refractivity contribution is 0.773. The fourth-order valence-electron chi connectivity index (χ4n) is 11.4. The molecule has 2 aliphatic carbocycles. The fourth-order valence-corrected chi connectivity index (χ4v) is 12.4. The first-order chi connectivity index (χ1) is 30.8. The number of rotatable bonds is 4. The van der Waals surface area contributed by atoms with Crippen LogP contribution in [0.1, 0.15) is 22.3 Å². The van der Waals surface area contributed by atoms with Crippen molar-refractivity contribution >= 4 is 81.1 Å². The van der Waals surface area contributed by atoms with E-state index in [2.05, 4.69) is 228 Å². The summed E-state index contributed by atoms with van der Waals surface area (Å²) in [5.74, 6) is 0. The maximum atomic E-state index is 2.52. The molecule has 0 fully saturated rings. The Balaban J connectivity index is 1.09. The van der Waals surface area contributed by atoms with Crippen LogP contribution in [-0.2, 0) is 5.41 Å². The first-order valence-corrected chi connectivity index (χ1v) is 22.2. The third-order valence-corrected chi connectivity index (χ3v) is 14.9. The van der Waals surface area contributed by atoms with E-state index in [9.17, 15) is 0 Å². The van der Waals surface area contributed by atoms with E-state index in [0.29, 0.717) is 0 Å². The largest absolute Gasteiger partial charge is 0.310 e. The number of benzene rings is 10. The maximum absolute atomic E-state index is 2.52. The number of anilines is 3. The summed E-state index contributed by atoms with van der Waals surface area (Å²) in [7, 11) is 0. The minimum atomic E-state index is -0.468. The number of para-hydroxylation sites is 2. The highest BCUT2D eigenvalue weighted by atomic mass is 32.1. The van der Waals surface area contributed by atoms with Gasteiger partial charge >= 0.3 is 0 Å². The molecule has 14 rings (SSSR count). The highest BCUT2D eigenvalue weighted by molar-refractivity contribution is 7.25. The van der Waals surface area contributed by atoms with Crippen LogP contribution in [0.4, 0.5) is 17.1 Å². The van der Waals surface area contributed by atoms with E-state index >= 15 is 0 Å². The summed E-state index contributed by atoms with van der Waals surface area (Å²) in [6, 6.07) is 81.7. The van der Waals surface area contributed by atoms with E-state index in [1.54, 1.807) is 0 Å². The smallest absolute Gasteiger partial charge is 0.0725 e. The van der Waals surface area contributed by atoms with Crippen molar-refractivity contribution in [3.05, 3.63) is 241 Å². The monoisotopic (exact) mass is 804 g/mol. The molecule has 0 atom stereocenters. The van der Waals surface area contributed by atoms with Crippen LogP contribution in [0, 0.1) is 0 Å². The molecule has 0 aliphatic heterocycles. The van der Waals surface area contributed by atoms with Gasteiger partial charge in [-0.1, -0.05) is 158 Å². The SMILES string of the molecule is c1ccc(-n2c3ccccc3c3ccc(N(c4ccc5sc6ccccc6c5c4)c4ccc5c6c(cccc46)C4(c6ccccc6-c6ccccc64)c4ccccc4-5)cc32)cc1. The Labute approximate surface area is 362 Å². The summed E-state index contributed by atoms with van der Waals surface area (Å²) < 4.78 is 5.03. The Morgan fingerprint density at radius 1 is 0.355 bits per heavy atom. The number of fused-ring (bicyclic) bond motifs is 15. The second kappa shape index (κ2) is 12.7. The van der Waals surface area contributed by atoms with Crippen LogP contribution in [-0.4, -0.2) is 4.57 Å². The van der Waals surface area contributed by atoms with E-state index in [1.165, 1.54) is 97.3 Å². The highest BCUT2D eigenvalue weighted by Crippen LogP contribution is 2.62. The lowest BCUT2D eigenvalue weighted by atomic mass is 9.61. The molecule has 288 valence electrons. The van der Waals surface area contributed by atoms with Crippen LogP contribution in [0.5, 0.6) is 0 Å². The van der Waals surface area contributed by atoms with E-state index in [-0.39, 0.29) is 0 Å². The predicted octanol–water partition coefficient (Wildman–Crippen LogP) is 16.1. The zero-order valence-corrected chi connectivity index (χ0v) is 34.4. The molecule has 0 radical (unpaired) electrons. The van der Waals surface area contributed by atoms with Gasteiger partial charge in [0.15, 0.2) is 0 Å². The predicted molar refractivity (Wildman–Crippen MR) is 262 cm³/mol. The van der Waals surface area contributed by atoms with Crippen LogP contribution in [0.15, 0.2) is 218 Å². The van der Waals surface area contributed by atoms with Gasteiger partial charge in [0.25, 0.3) is 0 Å². The van der Waals surface area contributed by atoms with Gasteiger partial charge in [0.2, 0.25) is 0 Å². The molecule has 10 aromatic carbocycles. The minimum Gasteiger partial charge on any atom is -0.310 e. The summed E-state index contributed by atoms with van der Waals surface area (Å²) in [6.45, 7) is 0. The Bertz CT molecular complexity index is 3790. The van der Waals surface area contributed by atoms with Crippen LogP contribution in [0.25, 0.3) is 80.7 Å². The van der Waals surface area contributed by atoms with Gasteiger partial charge < -0.3 is 9.47 Å². The van der Waals surface area contributed by atoms with Gasteiger partial charge in [-0.25, -0.2) is 0 Å². The number of aromatic nitrogens is 1. The molecule has 0 unspecified atom stereocenters. The summed E-state index contributed by atoms with van der Waals surface area (Å²) in [4.78, 5) is 2.52. The summed E-state index contributed by atoms with van der Waals surface area (Å²) in [5.41, 5.74) is 17.0. The van der Waals surface area contributed by atoms with Gasteiger partial charge in [0.1, 0.15) is 0 Å². The van der Waals surface area contributed by atoms with Gasteiger partial charge in [-0.2, -0.15) is 0 Å². The van der Waals surface area contributed by atoms with Crippen molar-refractivity contribution in [3.63, 3.8) is 0 Å². The van der Waals surface area contributed by atoms with Gasteiger partial charge in [-0.05, 0) is 111 Å². The van der Waals surface area contributed by atoms with Crippen molar-refractivity contribution in [2.45, 2.75) is 5.41 Å². The molecular formula is C59H36N2S. The second-order valence-electron chi connectivity index (χ2n) is 16.8. The molecule has 2 aromatic heterocycles. The zero-order valence-electron chi connectivity index (χ0n) is 33.6. The molecular weight excluding hydrogens is 769 g/mol. The molecule has 2 heterocycles. The molecule has 0 saturated heterocycles. The van der Waals surface area contributed by atoms with Gasteiger partial charge in [0, 0.05) is 53.4 Å². The van der Waals surface area contributed by atoms with Crippen molar-refractivity contribution < 1.29 is 0 Å². The van der Waals surface area contributed by atoms with Gasteiger partial charge in [-0.3, -0.25) is 0 Å². The lowest BCUT2D eigenvalue weighted by Gasteiger charge is -2.40. The third kappa shape index (κ3) is 4.42. The lowest BCUT2D eigenvalue weighted by Crippen LogP contribution is -2.31. The van der Waals surface area contributed by atoms with Crippen molar-refractivity contribution in [2.75, 3.05) is 4.90 Å². The first-order valence-electron chi connectivity index (χ1n) is 21.4. The van der Waals surface area contributed by atoms with E-state index in [1.807, 2.05) is 11.3 Å². The van der Waals surface area contributed by atoms with Crippen LogP contribution < -0.4 is 4.90 Å². The number of hydrogen-bond donors (Lipinski definition) is 0. The van der Waals surface area contributed by atoms with E-state index in [4.69, 9.17) is 0 Å². The summed E-state index contributed by atoms with van der Waals surface area (Å²) in [6.07, 6.45) is 0. The van der Waals surface area contributed by atoms with Crippen molar-refractivity contribution in [1.82, 2.24) is 4.57 Å². The number of hydrogen-bond acceptors (Lipinski definition) is 2. The van der Waals surface area contributed by atoms with Crippen LogP contribution in [0.2, 0.25) is 0 Å². The Hall–Kier alpha value is -7.72. The molecule has 0 saturated carbocycles. The van der Waals surface area contributed by atoms with Crippen molar-refractivity contribution in [2.24, 2.45) is 0 Å². The fraction of sp³-hybridized carbons (Fsp3) is 0.0169. The highest BCUT2D eigenvalue weighted by Gasteiger charge is 2.50. The average molecular weight is 805 g/mol. The Morgan fingerprint density at radius 3 is 1.69 bits per heavy atom. The molecule has 62 heavy (non-hydrogen) atoms. The van der Waals surface area contributed by atoms with E-state index < -0.39 is 5.41 Å². The Kier molecular flexibility index (Phi) is 6.95. The Morgan fingerprint density at radius 2 is 0.919 bits per heavy atom. The van der Waals surface area contributed by atoms with Gasteiger partial charge in [0.05, 0.1) is 22.1 Å². The molecule has 3 heteroatoms. The molecule has 2 nitrogen and oxygen atoms in total. The van der Waals surface area contributed by atoms with Crippen molar-refractivity contribution in [1.29, 1.82) is 0 Å². The zero-order chi connectivity index (χ0) is 40.5. The molecule has 12 aromatic rings. The summed E-state index contributed by atoms with van der Waals surface area (Å²) >= 11 is 1.87. The minimum absolute atomic E-state index is 0.468. The first kappa shape index (κ1) is 34.0. The second-order valence-corrected chi connectivity index (χ2v) is 17.8. The average Bonchev–Trinajstić information content (AvgIpc) is 3.98. The molecule has 0 amide bonds. The standard InChI is InChI=1S/C59H36N2S/c1-2-15-37(16-3-1)61-53-27-12-7-20-43(53)44-31-29-39(36-55(44)61)60(38-30-34-57-48(35-38)45-21-8-13-28-56(45)62-57)54-33-32-46-42-19-6-11-25-51(42)59(52-26-14-22-47(54)58(46)52)49-23-9-4-17-40(49)41-18-5-10-24-50(41)59/h1-36H. The topological polar surface area (TPSA) is 8.17 Å². The molecule has 0 bridgehead atoms. The maximum Gasteiger partial charge on any atom is 0.0725 e. The van der Waals surface area contributed by atoms with Crippen LogP contribution >= 0.6 is 11.3 Å². The normalized spacial score (nSPS) is 13.3. The van der Waals surface area contributed by atoms with Gasteiger partial charge in [-0.15, -0.1) is 11.3 Å². The van der Waals surface area contributed by atoms with Crippen molar-refractivity contribution in [3.8, 4) is 27.9 Å². The summed E-state index contributed by atoms with van der Waals surface area (Å²) in [5, 5.41) is 7.60. The number of thiophene rings is 1. The third-order valence-electron chi connectivity index (χ3n) is 13.8.